The summed E-state index contributed by atoms with van der Waals surface area (Å²) in [5.74, 6) is 1.51. The minimum Gasteiger partial charge on any atom is -0.547 e. The molecule has 210 valence electrons. The van der Waals surface area contributed by atoms with Gasteiger partial charge in [0.2, 0.25) is 8.32 Å². The highest BCUT2D eigenvalue weighted by atomic mass is 28.4. The lowest BCUT2D eigenvalue weighted by Crippen LogP contribution is -2.47. The minimum atomic E-state index is -1.70. The molecule has 1 fully saturated rings. The summed E-state index contributed by atoms with van der Waals surface area (Å²) in [7, 11) is -4.89. The van der Waals surface area contributed by atoms with Crippen molar-refractivity contribution in [1.29, 1.82) is 0 Å². The molecule has 1 aliphatic heterocycles. The molecule has 1 unspecified atom stereocenters. The summed E-state index contributed by atoms with van der Waals surface area (Å²) >= 11 is 0. The van der Waals surface area contributed by atoms with Crippen LogP contribution in [0.4, 0.5) is 0 Å². The molecule has 3 atom stereocenters. The largest absolute Gasteiger partial charge is 0.547 e. The molecule has 0 saturated carbocycles. The van der Waals surface area contributed by atoms with E-state index in [1.54, 1.807) is 0 Å². The summed E-state index contributed by atoms with van der Waals surface area (Å²) in [6.07, 6.45) is 12.0. The van der Waals surface area contributed by atoms with Crippen LogP contribution >= 0.6 is 0 Å². The average Bonchev–Trinajstić information content (AvgIpc) is 2.82. The average molecular weight is 555 g/mol. The second-order valence-corrected chi connectivity index (χ2v) is 27.4. The zero-order valence-electron chi connectivity index (χ0n) is 26.0. The van der Waals surface area contributed by atoms with Crippen molar-refractivity contribution >= 4 is 25.0 Å². The zero-order valence-corrected chi connectivity index (χ0v) is 29.0. The van der Waals surface area contributed by atoms with Gasteiger partial charge < -0.3 is 18.0 Å². The molecular formula is C29H58O4Si3. The Labute approximate surface area is 227 Å². The zero-order chi connectivity index (χ0) is 27.8. The predicted octanol–water partition coefficient (Wildman–Crippen LogP) is 9.06. The maximum Gasteiger partial charge on any atom is 0.241 e. The first kappa shape index (κ1) is 33.6. The molecule has 0 bridgehead atoms. The van der Waals surface area contributed by atoms with Crippen LogP contribution in [0.5, 0.6) is 0 Å². The molecule has 0 aliphatic carbocycles. The van der Waals surface area contributed by atoms with Gasteiger partial charge in [0.1, 0.15) is 0 Å². The lowest BCUT2D eigenvalue weighted by molar-refractivity contribution is -0.0975. The number of ether oxygens (including phenoxy) is 1. The van der Waals surface area contributed by atoms with E-state index < -0.39 is 25.0 Å². The molecule has 36 heavy (non-hydrogen) atoms. The third-order valence-electron chi connectivity index (χ3n) is 6.18. The van der Waals surface area contributed by atoms with Crippen molar-refractivity contribution in [3.63, 3.8) is 0 Å². The molecule has 0 radical (unpaired) electrons. The molecule has 7 heteroatoms. The Morgan fingerprint density at radius 1 is 1.00 bits per heavy atom. The van der Waals surface area contributed by atoms with Crippen molar-refractivity contribution in [1.82, 2.24) is 0 Å². The highest BCUT2D eigenvalue weighted by Crippen LogP contribution is 2.36. The first-order valence-electron chi connectivity index (χ1n) is 14.0. The molecule has 0 aromatic heterocycles. The van der Waals surface area contributed by atoms with Gasteiger partial charge in [-0.25, -0.2) is 0 Å². The van der Waals surface area contributed by atoms with E-state index >= 15 is 0 Å². The second kappa shape index (κ2) is 14.1. The summed E-state index contributed by atoms with van der Waals surface area (Å²) in [6, 6.07) is 0. The van der Waals surface area contributed by atoms with Crippen LogP contribution in [0.2, 0.25) is 58.9 Å². The first-order valence-corrected chi connectivity index (χ1v) is 24.2. The van der Waals surface area contributed by atoms with Gasteiger partial charge >= 0.3 is 0 Å². The maximum atomic E-state index is 6.74. The van der Waals surface area contributed by atoms with Crippen molar-refractivity contribution < 1.29 is 18.0 Å². The van der Waals surface area contributed by atoms with Crippen molar-refractivity contribution in [3.05, 3.63) is 35.1 Å². The molecule has 0 spiro atoms. The van der Waals surface area contributed by atoms with Crippen LogP contribution in [-0.2, 0) is 18.0 Å². The lowest BCUT2D eigenvalue weighted by Gasteiger charge is -2.39. The third kappa shape index (κ3) is 14.5. The SMILES string of the molecule is CC(C)=CC=C(O[Si](C)(C)C)C(C)CCC[C@]1(C)OCC(=CCO[Si](C)(C)C)CC[C@H]1O[Si](C)(C)C. The second-order valence-electron chi connectivity index (χ2n) is 14.0. The van der Waals surface area contributed by atoms with E-state index in [2.05, 4.69) is 105 Å². The molecule has 0 aromatic carbocycles. The summed E-state index contributed by atoms with van der Waals surface area (Å²) in [5.41, 5.74) is 2.37. The Morgan fingerprint density at radius 3 is 2.17 bits per heavy atom. The minimum absolute atomic E-state index is 0.127. The fourth-order valence-corrected chi connectivity index (χ4v) is 7.04. The molecule has 1 heterocycles. The van der Waals surface area contributed by atoms with Crippen molar-refractivity contribution in [2.45, 2.75) is 130 Å². The van der Waals surface area contributed by atoms with Crippen molar-refractivity contribution in [2.75, 3.05) is 13.2 Å². The van der Waals surface area contributed by atoms with Gasteiger partial charge in [0.15, 0.2) is 16.6 Å². The Kier molecular flexibility index (Phi) is 13.1. The van der Waals surface area contributed by atoms with E-state index in [1.807, 2.05) is 0 Å². The van der Waals surface area contributed by atoms with E-state index in [1.165, 1.54) is 11.1 Å². The van der Waals surface area contributed by atoms with Gasteiger partial charge in [0.25, 0.3) is 0 Å². The fraction of sp³-hybridized carbons (Fsp3) is 0.793. The van der Waals surface area contributed by atoms with Gasteiger partial charge in [-0.2, -0.15) is 0 Å². The molecule has 0 aromatic rings. The summed E-state index contributed by atoms with van der Waals surface area (Å²) < 4.78 is 26.0. The Balaban J connectivity index is 2.94. The van der Waals surface area contributed by atoms with E-state index in [-0.39, 0.29) is 11.7 Å². The highest BCUT2D eigenvalue weighted by molar-refractivity contribution is 6.70. The van der Waals surface area contributed by atoms with Crippen LogP contribution in [0.1, 0.15) is 59.8 Å². The van der Waals surface area contributed by atoms with E-state index in [0.29, 0.717) is 19.1 Å². The normalized spacial score (nSPS) is 24.4. The van der Waals surface area contributed by atoms with Gasteiger partial charge in [-0.3, -0.25) is 0 Å². The van der Waals surface area contributed by atoms with Crippen LogP contribution in [0.25, 0.3) is 0 Å². The summed E-state index contributed by atoms with van der Waals surface area (Å²) in [6.45, 7) is 30.6. The molecule has 4 nitrogen and oxygen atoms in total. The van der Waals surface area contributed by atoms with Gasteiger partial charge in [-0.1, -0.05) is 24.6 Å². The third-order valence-corrected chi connectivity index (χ3v) is 9.05. The van der Waals surface area contributed by atoms with E-state index in [4.69, 9.17) is 18.0 Å². The fourth-order valence-electron chi connectivity index (χ4n) is 4.26. The smallest absolute Gasteiger partial charge is 0.241 e. The molecular weight excluding hydrogens is 497 g/mol. The number of hydrogen-bond acceptors (Lipinski definition) is 4. The summed E-state index contributed by atoms with van der Waals surface area (Å²) in [4.78, 5) is 0. The Morgan fingerprint density at radius 2 is 1.64 bits per heavy atom. The maximum absolute atomic E-state index is 6.74. The van der Waals surface area contributed by atoms with Crippen molar-refractivity contribution in [3.8, 4) is 0 Å². The van der Waals surface area contributed by atoms with E-state index in [9.17, 15) is 0 Å². The number of rotatable bonds is 13. The monoisotopic (exact) mass is 554 g/mol. The quantitative estimate of drug-likeness (QED) is 0.0984. The van der Waals surface area contributed by atoms with Gasteiger partial charge in [0, 0.05) is 5.92 Å². The summed E-state index contributed by atoms with van der Waals surface area (Å²) in [5, 5.41) is 0. The van der Waals surface area contributed by atoms with Gasteiger partial charge in [0.05, 0.1) is 30.7 Å². The predicted molar refractivity (Wildman–Crippen MR) is 164 cm³/mol. The topological polar surface area (TPSA) is 36.9 Å². The van der Waals surface area contributed by atoms with Crippen LogP contribution in [0.3, 0.4) is 0 Å². The molecule has 0 N–H and O–H groups in total. The Bertz CT molecular complexity index is 765. The standard InChI is InChI=1S/C29H58O4Si3/c1-24(2)16-18-27(32-35(8,9)10)25(3)15-14-21-29(4)28(33-36(11,12)13)19-17-26(23-30-29)20-22-31-34(5,6)7/h16,18,20,25,28H,14-15,17,19,21-23H2,1-13H3/t25?,28-,29+/m1/s1. The van der Waals surface area contributed by atoms with Crippen LogP contribution in [-0.4, -0.2) is 49.9 Å². The van der Waals surface area contributed by atoms with Crippen molar-refractivity contribution in [2.24, 2.45) is 5.92 Å². The van der Waals surface area contributed by atoms with Crippen LogP contribution in [0.15, 0.2) is 35.1 Å². The first-order chi connectivity index (χ1) is 16.3. The van der Waals surface area contributed by atoms with Crippen LogP contribution in [0, 0.1) is 5.92 Å². The lowest BCUT2D eigenvalue weighted by atomic mass is 9.88. The van der Waals surface area contributed by atoms with Gasteiger partial charge in [-0.15, -0.1) is 0 Å². The number of hydrogen-bond donors (Lipinski definition) is 0. The molecule has 1 aliphatic rings. The van der Waals surface area contributed by atoms with Crippen LogP contribution < -0.4 is 0 Å². The number of allylic oxidation sites excluding steroid dienone is 4. The van der Waals surface area contributed by atoms with E-state index in [0.717, 1.165) is 37.9 Å². The molecule has 0 amide bonds. The molecule has 1 saturated heterocycles. The Hall–Kier alpha value is -0.449. The molecule has 1 rings (SSSR count). The highest BCUT2D eigenvalue weighted by Gasteiger charge is 2.40. The van der Waals surface area contributed by atoms with Gasteiger partial charge in [-0.05, 0) is 123 Å².